The summed E-state index contributed by atoms with van der Waals surface area (Å²) in [7, 11) is 1.28. The number of aliphatic hydroxyl groups is 5. The second-order valence-electron chi connectivity index (χ2n) is 8.15. The van der Waals surface area contributed by atoms with E-state index in [1.54, 1.807) is 20.8 Å². The van der Waals surface area contributed by atoms with Gasteiger partial charge in [0, 0.05) is 41.4 Å². The standard InChI is InChI=1S/C21H28F2N2O8/c1-9(2)25-10(3)12(7-13-14(22)5-11(31-4)6-15(13)23)20(24-25)33-21(30)19(29)18(28)17(27)16(8-26)32-21/h5-6,9,16-19,26-30H,7-8H2,1-4H3/t16-,17-,18+,19-,21-/m1/s1. The van der Waals surface area contributed by atoms with Crippen molar-refractivity contribution in [1.82, 2.24) is 9.78 Å². The summed E-state index contributed by atoms with van der Waals surface area (Å²) in [5.41, 5.74) is 0.327. The summed E-state index contributed by atoms with van der Waals surface area (Å²) in [5.74, 6) is -4.99. The number of rotatable bonds is 7. The normalized spacial score (nSPS) is 27.8. The average Bonchev–Trinajstić information content (AvgIpc) is 3.06. The number of methoxy groups -OCH3 is 1. The van der Waals surface area contributed by atoms with E-state index >= 15 is 0 Å². The molecule has 1 aliphatic rings. The van der Waals surface area contributed by atoms with Crippen molar-refractivity contribution in [2.24, 2.45) is 0 Å². The van der Waals surface area contributed by atoms with E-state index in [0.29, 0.717) is 5.69 Å². The first-order chi connectivity index (χ1) is 15.4. The fourth-order valence-corrected chi connectivity index (χ4v) is 3.70. The van der Waals surface area contributed by atoms with E-state index in [1.807, 2.05) is 0 Å². The quantitative estimate of drug-likeness (QED) is 0.354. The second-order valence-corrected chi connectivity index (χ2v) is 8.15. The van der Waals surface area contributed by atoms with Gasteiger partial charge >= 0.3 is 5.97 Å². The molecule has 1 aromatic carbocycles. The number of nitrogens with zero attached hydrogens (tertiary/aromatic N) is 2. The fraction of sp³-hybridized carbons (Fsp3) is 0.571. The summed E-state index contributed by atoms with van der Waals surface area (Å²) >= 11 is 0. The van der Waals surface area contributed by atoms with Crippen LogP contribution in [0.2, 0.25) is 0 Å². The van der Waals surface area contributed by atoms with E-state index in [2.05, 4.69) is 5.10 Å². The van der Waals surface area contributed by atoms with Gasteiger partial charge in [0.05, 0.1) is 13.7 Å². The van der Waals surface area contributed by atoms with Gasteiger partial charge in [0.1, 0.15) is 35.7 Å². The fourth-order valence-electron chi connectivity index (χ4n) is 3.70. The highest BCUT2D eigenvalue weighted by Gasteiger charge is 2.55. The van der Waals surface area contributed by atoms with Crippen LogP contribution in [-0.2, 0) is 11.2 Å². The lowest BCUT2D eigenvalue weighted by atomic mass is 9.98. The summed E-state index contributed by atoms with van der Waals surface area (Å²) in [6.45, 7) is 4.42. The van der Waals surface area contributed by atoms with Gasteiger partial charge in [0.25, 0.3) is 0 Å². The molecule has 1 saturated heterocycles. The summed E-state index contributed by atoms with van der Waals surface area (Å²) in [4.78, 5) is 0. The van der Waals surface area contributed by atoms with Crippen LogP contribution >= 0.6 is 0 Å². The van der Waals surface area contributed by atoms with Crippen molar-refractivity contribution < 1.29 is 48.5 Å². The van der Waals surface area contributed by atoms with Crippen molar-refractivity contribution in [3.8, 4) is 11.6 Å². The van der Waals surface area contributed by atoms with Gasteiger partial charge in [-0.05, 0) is 20.8 Å². The average molecular weight is 474 g/mol. The van der Waals surface area contributed by atoms with E-state index in [-0.39, 0.29) is 35.2 Å². The van der Waals surface area contributed by atoms with E-state index in [1.165, 1.54) is 11.8 Å². The number of hydrogen-bond acceptors (Lipinski definition) is 9. The van der Waals surface area contributed by atoms with Crippen LogP contribution in [0, 0.1) is 18.6 Å². The molecule has 5 N–H and O–H groups in total. The first-order valence-corrected chi connectivity index (χ1v) is 10.3. The molecular formula is C21H28F2N2O8. The number of aliphatic hydroxyl groups excluding tert-OH is 4. The summed E-state index contributed by atoms with van der Waals surface area (Å²) < 4.78 is 46.1. The topological polar surface area (TPSA) is 147 Å². The highest BCUT2D eigenvalue weighted by atomic mass is 19.1. The third kappa shape index (κ3) is 4.67. The lowest BCUT2D eigenvalue weighted by Crippen LogP contribution is -2.67. The zero-order valence-electron chi connectivity index (χ0n) is 18.6. The maximum Gasteiger partial charge on any atom is 0.356 e. The second kappa shape index (κ2) is 9.49. The van der Waals surface area contributed by atoms with Crippen molar-refractivity contribution in [3.63, 3.8) is 0 Å². The molecule has 1 fully saturated rings. The minimum Gasteiger partial charge on any atom is -0.497 e. The van der Waals surface area contributed by atoms with Crippen molar-refractivity contribution in [2.45, 2.75) is 63.6 Å². The van der Waals surface area contributed by atoms with Crippen LogP contribution in [0.1, 0.15) is 36.7 Å². The Balaban J connectivity index is 2.04. The highest BCUT2D eigenvalue weighted by molar-refractivity contribution is 5.40. The predicted molar refractivity (Wildman–Crippen MR) is 109 cm³/mol. The molecule has 10 nitrogen and oxygen atoms in total. The Morgan fingerprint density at radius 3 is 2.27 bits per heavy atom. The Hall–Kier alpha value is -2.35. The Bertz CT molecular complexity index is 976. The highest BCUT2D eigenvalue weighted by Crippen LogP contribution is 2.35. The van der Waals surface area contributed by atoms with Gasteiger partial charge in [-0.2, -0.15) is 0 Å². The zero-order chi connectivity index (χ0) is 24.7. The molecule has 0 radical (unpaired) electrons. The van der Waals surface area contributed by atoms with Crippen molar-refractivity contribution >= 4 is 0 Å². The summed E-state index contributed by atoms with van der Waals surface area (Å²) in [6, 6.07) is 1.83. The minimum absolute atomic E-state index is 0.00421. The molecule has 33 heavy (non-hydrogen) atoms. The van der Waals surface area contributed by atoms with Gasteiger partial charge in [0.15, 0.2) is 6.10 Å². The number of hydrogen-bond donors (Lipinski definition) is 5. The molecule has 0 spiro atoms. The molecule has 2 heterocycles. The molecule has 0 bridgehead atoms. The van der Waals surface area contributed by atoms with Crippen LogP contribution in [0.15, 0.2) is 12.1 Å². The molecule has 184 valence electrons. The maximum atomic E-state index is 14.6. The lowest BCUT2D eigenvalue weighted by molar-refractivity contribution is -0.423. The molecule has 1 aliphatic heterocycles. The molecule has 0 saturated carbocycles. The van der Waals surface area contributed by atoms with E-state index in [9.17, 15) is 34.3 Å². The minimum atomic E-state index is -2.92. The van der Waals surface area contributed by atoms with Crippen LogP contribution < -0.4 is 9.47 Å². The SMILES string of the molecule is COc1cc(F)c(Cc2c(O[C@]3(O)O[C@H](CO)[C@@H](O)[C@H](O)[C@H]3O)nn(C(C)C)c2C)c(F)c1. The first kappa shape index (κ1) is 25.3. The van der Waals surface area contributed by atoms with E-state index < -0.39 is 48.6 Å². The number of aromatic nitrogens is 2. The van der Waals surface area contributed by atoms with Gasteiger partial charge in [0.2, 0.25) is 5.88 Å². The Kier molecular flexibility index (Phi) is 7.27. The van der Waals surface area contributed by atoms with Crippen molar-refractivity contribution in [3.05, 3.63) is 40.6 Å². The lowest BCUT2D eigenvalue weighted by Gasteiger charge is -2.43. The molecule has 0 unspecified atom stereocenters. The van der Waals surface area contributed by atoms with Gasteiger partial charge < -0.3 is 39.7 Å². The largest absolute Gasteiger partial charge is 0.497 e. The van der Waals surface area contributed by atoms with Crippen LogP contribution in [-0.4, -0.2) is 79.4 Å². The third-order valence-electron chi connectivity index (χ3n) is 5.60. The maximum absolute atomic E-state index is 14.6. The Morgan fingerprint density at radius 1 is 1.15 bits per heavy atom. The smallest absolute Gasteiger partial charge is 0.356 e. The molecule has 5 atom stereocenters. The van der Waals surface area contributed by atoms with E-state index in [0.717, 1.165) is 12.1 Å². The Labute approximate surface area is 188 Å². The first-order valence-electron chi connectivity index (χ1n) is 10.3. The molecule has 1 aromatic heterocycles. The molecule has 0 amide bonds. The van der Waals surface area contributed by atoms with Crippen molar-refractivity contribution in [2.75, 3.05) is 13.7 Å². The van der Waals surface area contributed by atoms with Crippen LogP contribution in [0.5, 0.6) is 11.6 Å². The van der Waals surface area contributed by atoms with Gasteiger partial charge in [-0.15, -0.1) is 5.10 Å². The Morgan fingerprint density at radius 2 is 1.76 bits per heavy atom. The van der Waals surface area contributed by atoms with Crippen LogP contribution in [0.4, 0.5) is 8.78 Å². The van der Waals surface area contributed by atoms with Crippen LogP contribution in [0.3, 0.4) is 0 Å². The van der Waals surface area contributed by atoms with Crippen LogP contribution in [0.25, 0.3) is 0 Å². The molecule has 0 aliphatic carbocycles. The molecule has 2 aromatic rings. The van der Waals surface area contributed by atoms with Gasteiger partial charge in [-0.3, -0.25) is 4.68 Å². The number of halogens is 2. The summed E-state index contributed by atoms with van der Waals surface area (Å²) in [5, 5.41) is 54.7. The molecule has 12 heteroatoms. The van der Waals surface area contributed by atoms with Gasteiger partial charge in [-0.1, -0.05) is 0 Å². The summed E-state index contributed by atoms with van der Waals surface area (Å²) in [6.07, 6.45) is -7.60. The number of benzene rings is 1. The molecular weight excluding hydrogens is 446 g/mol. The monoisotopic (exact) mass is 474 g/mol. The van der Waals surface area contributed by atoms with E-state index in [4.69, 9.17) is 14.2 Å². The van der Waals surface area contributed by atoms with Crippen molar-refractivity contribution in [1.29, 1.82) is 0 Å². The van der Waals surface area contributed by atoms with Gasteiger partial charge in [-0.25, -0.2) is 8.78 Å². The number of ether oxygens (including phenoxy) is 3. The predicted octanol–water partition coefficient (Wildman–Crippen LogP) is 0.149. The molecule has 3 rings (SSSR count). The zero-order valence-corrected chi connectivity index (χ0v) is 18.6. The third-order valence-corrected chi connectivity index (χ3v) is 5.60.